The maximum atomic E-state index is 12.5. The Labute approximate surface area is 161 Å². The lowest BCUT2D eigenvalue weighted by Crippen LogP contribution is -2.28. The van der Waals surface area contributed by atoms with Crippen LogP contribution in [0.15, 0.2) is 35.2 Å². The summed E-state index contributed by atoms with van der Waals surface area (Å²) in [5.41, 5.74) is 3.21. The van der Waals surface area contributed by atoms with E-state index < -0.39 is 5.97 Å². The average Bonchev–Trinajstić information content (AvgIpc) is 3.05. The van der Waals surface area contributed by atoms with Gasteiger partial charge in [-0.1, -0.05) is 19.1 Å². The summed E-state index contributed by atoms with van der Waals surface area (Å²) >= 11 is 0.939. The molecule has 27 heavy (non-hydrogen) atoms. The van der Waals surface area contributed by atoms with Gasteiger partial charge in [0.2, 0.25) is 0 Å². The number of imide groups is 1. The molecule has 0 aliphatic carbocycles. The number of hydrogen-bond donors (Lipinski definition) is 1. The van der Waals surface area contributed by atoms with Gasteiger partial charge in [-0.15, -0.1) is 0 Å². The molecule has 1 N–H and O–H groups in total. The topological polar surface area (TPSA) is 79.6 Å². The largest absolute Gasteiger partial charge is 0.478 e. The SMILES string of the molecule is CCCN1C(=O)S/C(=C\c2cc(C)n(-c3ccccc3C(=O)O)c2C)C1=O. The number of aromatic nitrogens is 1. The van der Waals surface area contributed by atoms with Crippen LogP contribution in [-0.2, 0) is 4.79 Å². The summed E-state index contributed by atoms with van der Waals surface area (Å²) < 4.78 is 1.85. The van der Waals surface area contributed by atoms with Crippen LogP contribution in [0.3, 0.4) is 0 Å². The second kappa shape index (κ2) is 7.44. The molecule has 3 rings (SSSR count). The fourth-order valence-corrected chi connectivity index (χ4v) is 4.07. The molecular formula is C20H20N2O4S. The van der Waals surface area contributed by atoms with Crippen molar-refractivity contribution in [3.8, 4) is 5.69 Å². The third-order valence-corrected chi connectivity index (χ3v) is 5.36. The van der Waals surface area contributed by atoms with E-state index in [0.717, 1.165) is 28.7 Å². The highest BCUT2D eigenvalue weighted by molar-refractivity contribution is 8.18. The van der Waals surface area contributed by atoms with E-state index in [1.54, 1.807) is 30.3 Å². The van der Waals surface area contributed by atoms with Crippen LogP contribution in [0.5, 0.6) is 0 Å². The molecule has 2 aromatic rings. The number of carboxylic acid groups (broad SMARTS) is 1. The number of benzene rings is 1. The molecule has 140 valence electrons. The molecule has 6 nitrogen and oxygen atoms in total. The molecule has 1 saturated heterocycles. The molecule has 0 spiro atoms. The van der Waals surface area contributed by atoms with Crippen molar-refractivity contribution in [2.24, 2.45) is 0 Å². The first-order valence-corrected chi connectivity index (χ1v) is 9.43. The Morgan fingerprint density at radius 2 is 1.93 bits per heavy atom. The molecule has 2 amide bonds. The van der Waals surface area contributed by atoms with E-state index in [-0.39, 0.29) is 16.7 Å². The number of nitrogens with zero attached hydrogens (tertiary/aromatic N) is 2. The van der Waals surface area contributed by atoms with Gasteiger partial charge in [0.1, 0.15) is 0 Å². The van der Waals surface area contributed by atoms with Gasteiger partial charge in [0.25, 0.3) is 11.1 Å². The molecule has 1 aliphatic rings. The number of hydrogen-bond acceptors (Lipinski definition) is 4. The van der Waals surface area contributed by atoms with Crippen molar-refractivity contribution in [2.45, 2.75) is 27.2 Å². The summed E-state index contributed by atoms with van der Waals surface area (Å²) in [6, 6.07) is 8.68. The maximum absolute atomic E-state index is 12.5. The Balaban J connectivity index is 2.05. The first-order valence-electron chi connectivity index (χ1n) is 8.62. The highest BCUT2D eigenvalue weighted by Gasteiger charge is 2.34. The average molecular weight is 384 g/mol. The van der Waals surface area contributed by atoms with Gasteiger partial charge >= 0.3 is 5.97 Å². The highest BCUT2D eigenvalue weighted by atomic mass is 32.2. The minimum absolute atomic E-state index is 0.203. The van der Waals surface area contributed by atoms with Crippen molar-refractivity contribution in [1.82, 2.24) is 9.47 Å². The van der Waals surface area contributed by atoms with Crippen molar-refractivity contribution in [2.75, 3.05) is 6.54 Å². The number of aryl methyl sites for hydroxylation is 1. The van der Waals surface area contributed by atoms with Crippen molar-refractivity contribution in [3.05, 3.63) is 57.8 Å². The highest BCUT2D eigenvalue weighted by Crippen LogP contribution is 2.34. The van der Waals surface area contributed by atoms with Gasteiger partial charge in [-0.25, -0.2) is 4.79 Å². The van der Waals surface area contributed by atoms with Crippen LogP contribution in [0.4, 0.5) is 4.79 Å². The van der Waals surface area contributed by atoms with Gasteiger partial charge in [0, 0.05) is 17.9 Å². The van der Waals surface area contributed by atoms with Crippen molar-refractivity contribution in [3.63, 3.8) is 0 Å². The third kappa shape index (κ3) is 3.42. The minimum Gasteiger partial charge on any atom is -0.478 e. The molecule has 0 bridgehead atoms. The standard InChI is InChI=1S/C20H20N2O4S/c1-4-9-21-18(23)17(27-20(21)26)11-14-10-12(2)22(13(14)3)16-8-6-5-7-15(16)19(24)25/h5-8,10-11H,4,9H2,1-3H3,(H,24,25)/b17-11-. The number of rotatable bonds is 5. The normalized spacial score (nSPS) is 15.8. The quantitative estimate of drug-likeness (QED) is 0.780. The van der Waals surface area contributed by atoms with E-state index in [0.29, 0.717) is 23.6 Å². The molecule has 0 atom stereocenters. The first kappa shape index (κ1) is 19.0. The molecule has 7 heteroatoms. The summed E-state index contributed by atoms with van der Waals surface area (Å²) in [6.07, 6.45) is 2.43. The zero-order chi connectivity index (χ0) is 19.7. The molecule has 1 aromatic carbocycles. The molecule has 0 saturated carbocycles. The van der Waals surface area contributed by atoms with E-state index >= 15 is 0 Å². The Bertz CT molecular complexity index is 974. The zero-order valence-corrected chi connectivity index (χ0v) is 16.2. The van der Waals surface area contributed by atoms with Crippen molar-refractivity contribution >= 4 is 35.0 Å². The van der Waals surface area contributed by atoms with E-state index in [4.69, 9.17) is 0 Å². The molecule has 1 fully saturated rings. The molecular weight excluding hydrogens is 364 g/mol. The summed E-state index contributed by atoms with van der Waals surface area (Å²) in [4.78, 5) is 37.7. The molecule has 1 aromatic heterocycles. The molecule has 0 radical (unpaired) electrons. The number of carbonyl (C=O) groups excluding carboxylic acids is 2. The van der Waals surface area contributed by atoms with Gasteiger partial charge in [0.15, 0.2) is 0 Å². The van der Waals surface area contributed by atoms with Crippen molar-refractivity contribution < 1.29 is 19.5 Å². The van der Waals surface area contributed by atoms with Crippen LogP contribution in [0.1, 0.15) is 40.7 Å². The fraction of sp³-hybridized carbons (Fsp3) is 0.250. The lowest BCUT2D eigenvalue weighted by atomic mass is 10.1. The Hall–Kier alpha value is -2.80. The van der Waals surface area contributed by atoms with Gasteiger partial charge in [0.05, 0.1) is 16.2 Å². The van der Waals surface area contributed by atoms with E-state index in [9.17, 15) is 19.5 Å². The Kier molecular flexibility index (Phi) is 5.23. The summed E-state index contributed by atoms with van der Waals surface area (Å²) in [6.45, 7) is 6.08. The van der Waals surface area contributed by atoms with Crippen LogP contribution < -0.4 is 0 Å². The lowest BCUT2D eigenvalue weighted by Gasteiger charge is -2.12. The van der Waals surface area contributed by atoms with Crippen molar-refractivity contribution in [1.29, 1.82) is 0 Å². The predicted octanol–water partition coefficient (Wildman–Crippen LogP) is 4.24. The maximum Gasteiger partial charge on any atom is 0.337 e. The molecule has 1 aliphatic heterocycles. The van der Waals surface area contributed by atoms with Crippen LogP contribution in [-0.4, -0.2) is 38.2 Å². The first-order chi connectivity index (χ1) is 12.8. The summed E-state index contributed by atoms with van der Waals surface area (Å²) in [7, 11) is 0. The van der Waals surface area contributed by atoms with Gasteiger partial charge in [-0.3, -0.25) is 14.5 Å². The summed E-state index contributed by atoms with van der Waals surface area (Å²) in [5, 5.41) is 9.22. The fourth-order valence-electron chi connectivity index (χ4n) is 3.21. The molecule has 2 heterocycles. The summed E-state index contributed by atoms with van der Waals surface area (Å²) in [5.74, 6) is -1.28. The number of carboxylic acids is 1. The number of para-hydroxylation sites is 1. The Morgan fingerprint density at radius 3 is 2.59 bits per heavy atom. The van der Waals surface area contributed by atoms with Crippen LogP contribution in [0, 0.1) is 13.8 Å². The smallest absolute Gasteiger partial charge is 0.337 e. The third-order valence-electron chi connectivity index (χ3n) is 4.45. The number of aromatic carboxylic acids is 1. The predicted molar refractivity (Wildman–Crippen MR) is 105 cm³/mol. The van der Waals surface area contributed by atoms with Gasteiger partial charge in [-0.2, -0.15) is 0 Å². The minimum atomic E-state index is -1.000. The zero-order valence-electron chi connectivity index (χ0n) is 15.4. The van der Waals surface area contributed by atoms with E-state index in [2.05, 4.69) is 0 Å². The lowest BCUT2D eigenvalue weighted by molar-refractivity contribution is -0.122. The van der Waals surface area contributed by atoms with Crippen LogP contribution >= 0.6 is 11.8 Å². The van der Waals surface area contributed by atoms with Crippen LogP contribution in [0.2, 0.25) is 0 Å². The number of thioether (sulfide) groups is 1. The van der Waals surface area contributed by atoms with Gasteiger partial charge < -0.3 is 9.67 Å². The second-order valence-electron chi connectivity index (χ2n) is 6.32. The van der Waals surface area contributed by atoms with Crippen LogP contribution in [0.25, 0.3) is 11.8 Å². The van der Waals surface area contributed by atoms with E-state index in [1.807, 2.05) is 31.4 Å². The number of carbonyl (C=O) groups is 3. The number of amides is 2. The second-order valence-corrected chi connectivity index (χ2v) is 7.31. The Morgan fingerprint density at radius 1 is 1.22 bits per heavy atom. The molecule has 0 unspecified atom stereocenters. The van der Waals surface area contributed by atoms with E-state index in [1.165, 1.54) is 4.90 Å². The monoisotopic (exact) mass is 384 g/mol. The van der Waals surface area contributed by atoms with Gasteiger partial charge in [-0.05, 0) is 61.9 Å².